The second-order valence-electron chi connectivity index (χ2n) is 7.01. The predicted octanol–water partition coefficient (Wildman–Crippen LogP) is 1.45. The summed E-state index contributed by atoms with van der Waals surface area (Å²) in [6.45, 7) is 1.50. The molecule has 6 nitrogen and oxygen atoms in total. The molecule has 1 heterocycles. The Morgan fingerprint density at radius 1 is 1.20 bits per heavy atom. The molecule has 0 bridgehead atoms. The van der Waals surface area contributed by atoms with E-state index < -0.39 is 10.0 Å². The minimum atomic E-state index is -3.16. The van der Waals surface area contributed by atoms with Crippen LogP contribution >= 0.6 is 0 Å². The maximum absolute atomic E-state index is 12.4. The van der Waals surface area contributed by atoms with Gasteiger partial charge in [0.2, 0.25) is 15.9 Å². The van der Waals surface area contributed by atoms with Crippen molar-refractivity contribution < 1.29 is 17.9 Å². The largest absolute Gasteiger partial charge is 0.368 e. The molecule has 0 saturated heterocycles. The van der Waals surface area contributed by atoms with E-state index in [9.17, 15) is 13.2 Å². The number of hydrogen-bond donors (Lipinski definition) is 1. The van der Waals surface area contributed by atoms with E-state index in [1.807, 2.05) is 17.0 Å². The molecule has 3 rings (SSSR count). The van der Waals surface area contributed by atoms with E-state index >= 15 is 0 Å². The molecule has 138 valence electrons. The molecular weight excluding hydrogens is 340 g/mol. The first kappa shape index (κ1) is 18.4. The number of sulfonamides is 1. The topological polar surface area (TPSA) is 75.7 Å². The number of fused-ring (bicyclic) bond motifs is 1. The van der Waals surface area contributed by atoms with Crippen LogP contribution in [-0.4, -0.2) is 50.8 Å². The highest BCUT2D eigenvalue weighted by atomic mass is 32.2. The number of carbonyl (C=O) groups is 1. The molecule has 7 heteroatoms. The van der Waals surface area contributed by atoms with Crippen LogP contribution in [0.4, 0.5) is 0 Å². The van der Waals surface area contributed by atoms with E-state index in [0.29, 0.717) is 6.54 Å². The van der Waals surface area contributed by atoms with Gasteiger partial charge in [0.25, 0.3) is 0 Å². The number of ether oxygens (including phenoxy) is 1. The van der Waals surface area contributed by atoms with Gasteiger partial charge in [0.1, 0.15) is 6.61 Å². The van der Waals surface area contributed by atoms with Crippen LogP contribution < -0.4 is 4.72 Å². The second-order valence-corrected chi connectivity index (χ2v) is 8.79. The number of hydrogen-bond acceptors (Lipinski definition) is 4. The Morgan fingerprint density at radius 2 is 1.88 bits per heavy atom. The molecule has 0 atom stereocenters. The van der Waals surface area contributed by atoms with Crippen molar-refractivity contribution in [2.24, 2.45) is 0 Å². The summed E-state index contributed by atoms with van der Waals surface area (Å²) >= 11 is 0. The summed E-state index contributed by atoms with van der Waals surface area (Å²) in [7, 11) is -3.16. The van der Waals surface area contributed by atoms with Gasteiger partial charge >= 0.3 is 0 Å². The highest BCUT2D eigenvalue weighted by Gasteiger charge is 2.26. The molecule has 0 aromatic heterocycles. The fourth-order valence-corrected chi connectivity index (χ4v) is 4.48. The fourth-order valence-electron chi connectivity index (χ4n) is 3.64. The SMILES string of the molecule is CS(=O)(=O)NC1CCC(OCC(=O)N2CCc3ccccc3C2)CC1. The van der Waals surface area contributed by atoms with Crippen molar-refractivity contribution in [2.75, 3.05) is 19.4 Å². The van der Waals surface area contributed by atoms with Gasteiger partial charge in [0.15, 0.2) is 0 Å². The molecule has 25 heavy (non-hydrogen) atoms. The quantitative estimate of drug-likeness (QED) is 0.856. The average molecular weight is 366 g/mol. The molecule has 2 aliphatic rings. The highest BCUT2D eigenvalue weighted by molar-refractivity contribution is 7.88. The van der Waals surface area contributed by atoms with Crippen LogP contribution in [0.15, 0.2) is 24.3 Å². The van der Waals surface area contributed by atoms with Crippen molar-refractivity contribution in [2.45, 2.75) is 50.8 Å². The average Bonchev–Trinajstić information content (AvgIpc) is 2.59. The lowest BCUT2D eigenvalue weighted by molar-refractivity contribution is -0.139. The number of benzene rings is 1. The van der Waals surface area contributed by atoms with Crippen molar-refractivity contribution in [1.29, 1.82) is 0 Å². The van der Waals surface area contributed by atoms with Crippen LogP contribution in [0.25, 0.3) is 0 Å². The van der Waals surface area contributed by atoms with Gasteiger partial charge in [-0.25, -0.2) is 13.1 Å². The van der Waals surface area contributed by atoms with Gasteiger partial charge in [0, 0.05) is 19.1 Å². The third-order valence-corrected chi connectivity index (χ3v) is 5.74. The van der Waals surface area contributed by atoms with E-state index in [1.54, 1.807) is 0 Å². The summed E-state index contributed by atoms with van der Waals surface area (Å²) in [6, 6.07) is 8.23. The van der Waals surface area contributed by atoms with Crippen LogP contribution in [0.3, 0.4) is 0 Å². The smallest absolute Gasteiger partial charge is 0.248 e. The summed E-state index contributed by atoms with van der Waals surface area (Å²) < 4.78 is 31.0. The predicted molar refractivity (Wildman–Crippen MR) is 95.5 cm³/mol. The number of nitrogens with one attached hydrogen (secondary N) is 1. The van der Waals surface area contributed by atoms with Crippen molar-refractivity contribution in [3.63, 3.8) is 0 Å². The zero-order chi connectivity index (χ0) is 17.9. The van der Waals surface area contributed by atoms with E-state index in [-0.39, 0.29) is 24.7 Å². The Labute approximate surface area is 149 Å². The van der Waals surface area contributed by atoms with Crippen molar-refractivity contribution in [1.82, 2.24) is 9.62 Å². The minimum Gasteiger partial charge on any atom is -0.368 e. The fraction of sp³-hybridized carbons (Fsp3) is 0.611. The first-order valence-corrected chi connectivity index (χ1v) is 10.7. The molecule has 1 aromatic carbocycles. The Bertz CT molecular complexity index is 712. The summed E-state index contributed by atoms with van der Waals surface area (Å²) in [5.41, 5.74) is 2.54. The number of nitrogens with zero attached hydrogens (tertiary/aromatic N) is 1. The molecule has 0 unspecified atom stereocenters. The Balaban J connectivity index is 1.42. The molecule has 1 aliphatic carbocycles. The van der Waals surface area contributed by atoms with Crippen LogP contribution in [0, 0.1) is 0 Å². The number of carbonyl (C=O) groups excluding carboxylic acids is 1. The maximum Gasteiger partial charge on any atom is 0.248 e. The number of amides is 1. The third-order valence-electron chi connectivity index (χ3n) is 4.98. The number of rotatable bonds is 5. The Kier molecular flexibility index (Phi) is 5.76. The molecule has 0 spiro atoms. The van der Waals surface area contributed by atoms with E-state index in [1.165, 1.54) is 17.4 Å². The van der Waals surface area contributed by atoms with Crippen LogP contribution in [-0.2, 0) is 32.5 Å². The zero-order valence-electron chi connectivity index (χ0n) is 14.6. The first-order valence-electron chi connectivity index (χ1n) is 8.84. The lowest BCUT2D eigenvalue weighted by Gasteiger charge is -2.31. The minimum absolute atomic E-state index is 0.0100. The van der Waals surface area contributed by atoms with E-state index in [4.69, 9.17) is 4.74 Å². The summed E-state index contributed by atoms with van der Waals surface area (Å²) in [5.74, 6) is 0.0332. The lowest BCUT2D eigenvalue weighted by Crippen LogP contribution is -2.41. The van der Waals surface area contributed by atoms with Gasteiger partial charge in [-0.2, -0.15) is 0 Å². The molecule has 1 N–H and O–H groups in total. The van der Waals surface area contributed by atoms with E-state index in [0.717, 1.165) is 38.6 Å². The van der Waals surface area contributed by atoms with Crippen molar-refractivity contribution in [3.05, 3.63) is 35.4 Å². The Morgan fingerprint density at radius 3 is 2.56 bits per heavy atom. The lowest BCUT2D eigenvalue weighted by atomic mass is 9.94. The van der Waals surface area contributed by atoms with Gasteiger partial charge in [-0.3, -0.25) is 4.79 Å². The summed E-state index contributed by atoms with van der Waals surface area (Å²) in [4.78, 5) is 14.3. The molecule has 1 aliphatic heterocycles. The summed E-state index contributed by atoms with van der Waals surface area (Å²) in [5, 5.41) is 0. The van der Waals surface area contributed by atoms with Crippen molar-refractivity contribution in [3.8, 4) is 0 Å². The molecule has 1 amide bonds. The van der Waals surface area contributed by atoms with Gasteiger partial charge in [-0.15, -0.1) is 0 Å². The molecule has 1 aromatic rings. The zero-order valence-corrected chi connectivity index (χ0v) is 15.4. The Hall–Kier alpha value is -1.44. The maximum atomic E-state index is 12.4. The molecule has 0 radical (unpaired) electrons. The summed E-state index contributed by atoms with van der Waals surface area (Å²) in [6.07, 6.45) is 5.19. The molecule has 1 saturated carbocycles. The third kappa shape index (κ3) is 5.26. The van der Waals surface area contributed by atoms with Crippen LogP contribution in [0.2, 0.25) is 0 Å². The first-order chi connectivity index (χ1) is 11.9. The molecular formula is C18H26N2O4S. The van der Waals surface area contributed by atoms with Gasteiger partial charge in [-0.05, 0) is 43.2 Å². The van der Waals surface area contributed by atoms with E-state index in [2.05, 4.69) is 16.9 Å². The van der Waals surface area contributed by atoms with Gasteiger partial charge in [-0.1, -0.05) is 24.3 Å². The van der Waals surface area contributed by atoms with Crippen LogP contribution in [0.1, 0.15) is 36.8 Å². The van der Waals surface area contributed by atoms with Crippen molar-refractivity contribution >= 4 is 15.9 Å². The van der Waals surface area contributed by atoms with Gasteiger partial charge in [0.05, 0.1) is 12.4 Å². The molecule has 1 fully saturated rings. The second kappa shape index (κ2) is 7.85. The van der Waals surface area contributed by atoms with Gasteiger partial charge < -0.3 is 9.64 Å². The monoisotopic (exact) mass is 366 g/mol. The van der Waals surface area contributed by atoms with Crippen LogP contribution in [0.5, 0.6) is 0 Å². The normalized spacial score (nSPS) is 24.0. The highest BCUT2D eigenvalue weighted by Crippen LogP contribution is 2.22. The standard InChI is InChI=1S/C18H26N2O4S/c1-25(22,23)19-16-6-8-17(9-7-16)24-13-18(21)20-11-10-14-4-2-3-5-15(14)12-20/h2-5,16-17,19H,6-13H2,1H3.